The summed E-state index contributed by atoms with van der Waals surface area (Å²) < 4.78 is 11.0. The largest absolute Gasteiger partial charge is 0.497 e. The third-order valence-electron chi connectivity index (χ3n) is 2.64. The normalized spacial score (nSPS) is 10.3. The summed E-state index contributed by atoms with van der Waals surface area (Å²) in [6, 6.07) is 5.94. The first-order valence-electron chi connectivity index (χ1n) is 6.26. The molecule has 17 heavy (non-hydrogen) atoms. The molecule has 3 heteroatoms. The summed E-state index contributed by atoms with van der Waals surface area (Å²) in [7, 11) is 3.61. The minimum atomic E-state index is 0.789. The maximum atomic E-state index is 5.80. The predicted molar refractivity (Wildman–Crippen MR) is 70.8 cm³/mol. The van der Waals surface area contributed by atoms with Crippen LogP contribution in [0.5, 0.6) is 11.5 Å². The van der Waals surface area contributed by atoms with Crippen LogP contribution in [0.2, 0.25) is 0 Å². The molecule has 0 saturated carbocycles. The van der Waals surface area contributed by atoms with Gasteiger partial charge in [-0.1, -0.05) is 19.8 Å². The first-order valence-corrected chi connectivity index (χ1v) is 6.26. The van der Waals surface area contributed by atoms with E-state index in [2.05, 4.69) is 12.2 Å². The molecule has 0 amide bonds. The summed E-state index contributed by atoms with van der Waals surface area (Å²) in [6.07, 6.45) is 3.55. The lowest BCUT2D eigenvalue weighted by Gasteiger charge is -2.12. The van der Waals surface area contributed by atoms with Crippen molar-refractivity contribution in [2.75, 3.05) is 20.8 Å². The molecular weight excluding hydrogens is 214 g/mol. The Morgan fingerprint density at radius 2 is 2.06 bits per heavy atom. The van der Waals surface area contributed by atoms with Gasteiger partial charge in [-0.2, -0.15) is 0 Å². The van der Waals surface area contributed by atoms with Gasteiger partial charge in [-0.3, -0.25) is 0 Å². The zero-order valence-corrected chi connectivity index (χ0v) is 11.1. The van der Waals surface area contributed by atoms with Crippen LogP contribution in [0.3, 0.4) is 0 Å². The quantitative estimate of drug-likeness (QED) is 0.705. The zero-order valence-electron chi connectivity index (χ0n) is 11.1. The monoisotopic (exact) mass is 237 g/mol. The molecule has 96 valence electrons. The second kappa shape index (κ2) is 7.96. The molecule has 0 atom stereocenters. The average molecular weight is 237 g/mol. The Kier molecular flexibility index (Phi) is 6.48. The van der Waals surface area contributed by atoms with E-state index in [-0.39, 0.29) is 0 Å². The molecule has 1 aromatic rings. The molecule has 0 saturated heterocycles. The third-order valence-corrected chi connectivity index (χ3v) is 2.64. The lowest BCUT2D eigenvalue weighted by atomic mass is 10.2. The number of unbranched alkanes of at least 4 members (excludes halogenated alkanes) is 2. The summed E-state index contributed by atoms with van der Waals surface area (Å²) in [5.74, 6) is 1.83. The van der Waals surface area contributed by atoms with Crippen LogP contribution >= 0.6 is 0 Å². The van der Waals surface area contributed by atoms with Crippen molar-refractivity contribution in [2.24, 2.45) is 0 Å². The van der Waals surface area contributed by atoms with E-state index in [0.29, 0.717) is 0 Å². The Bertz CT molecular complexity index is 326. The zero-order chi connectivity index (χ0) is 12.5. The van der Waals surface area contributed by atoms with Gasteiger partial charge in [-0.05, 0) is 31.7 Å². The van der Waals surface area contributed by atoms with Gasteiger partial charge >= 0.3 is 0 Å². The molecule has 1 rings (SSSR count). The van der Waals surface area contributed by atoms with E-state index in [1.807, 2.05) is 25.2 Å². The fraction of sp³-hybridized carbons (Fsp3) is 0.571. The van der Waals surface area contributed by atoms with Crippen LogP contribution < -0.4 is 14.8 Å². The molecule has 0 radical (unpaired) electrons. The highest BCUT2D eigenvalue weighted by Crippen LogP contribution is 2.24. The van der Waals surface area contributed by atoms with Gasteiger partial charge in [0.2, 0.25) is 0 Å². The topological polar surface area (TPSA) is 30.5 Å². The molecule has 0 aliphatic heterocycles. The Balaban J connectivity index is 2.62. The molecule has 0 fully saturated rings. The second-order valence-corrected chi connectivity index (χ2v) is 4.06. The van der Waals surface area contributed by atoms with Crippen molar-refractivity contribution >= 4 is 0 Å². The molecule has 0 aromatic heterocycles. The van der Waals surface area contributed by atoms with Crippen molar-refractivity contribution in [2.45, 2.75) is 32.7 Å². The Labute approximate surface area is 104 Å². The van der Waals surface area contributed by atoms with E-state index in [9.17, 15) is 0 Å². The Morgan fingerprint density at radius 1 is 1.24 bits per heavy atom. The first kappa shape index (κ1) is 13.8. The van der Waals surface area contributed by atoms with Gasteiger partial charge in [0.25, 0.3) is 0 Å². The van der Waals surface area contributed by atoms with E-state index >= 15 is 0 Å². The summed E-state index contributed by atoms with van der Waals surface area (Å²) >= 11 is 0. The molecule has 0 aliphatic rings. The van der Waals surface area contributed by atoms with Crippen LogP contribution in [-0.2, 0) is 6.54 Å². The smallest absolute Gasteiger partial charge is 0.124 e. The van der Waals surface area contributed by atoms with Crippen LogP contribution in [0.25, 0.3) is 0 Å². The highest BCUT2D eigenvalue weighted by Gasteiger charge is 2.04. The number of rotatable bonds is 8. The molecule has 0 spiro atoms. The number of benzene rings is 1. The van der Waals surface area contributed by atoms with Crippen molar-refractivity contribution in [3.63, 3.8) is 0 Å². The van der Waals surface area contributed by atoms with Crippen LogP contribution in [0.15, 0.2) is 18.2 Å². The minimum Gasteiger partial charge on any atom is -0.497 e. The number of hydrogen-bond acceptors (Lipinski definition) is 3. The lowest BCUT2D eigenvalue weighted by molar-refractivity contribution is 0.302. The van der Waals surface area contributed by atoms with Crippen molar-refractivity contribution in [1.29, 1.82) is 0 Å². The molecule has 3 nitrogen and oxygen atoms in total. The Morgan fingerprint density at radius 3 is 2.71 bits per heavy atom. The first-order chi connectivity index (χ1) is 8.31. The van der Waals surface area contributed by atoms with E-state index < -0.39 is 0 Å². The van der Waals surface area contributed by atoms with E-state index in [1.54, 1.807) is 7.11 Å². The van der Waals surface area contributed by atoms with Crippen molar-refractivity contribution in [3.05, 3.63) is 23.8 Å². The molecule has 0 unspecified atom stereocenters. The maximum absolute atomic E-state index is 5.80. The van der Waals surface area contributed by atoms with Gasteiger partial charge in [0, 0.05) is 12.1 Å². The predicted octanol–water partition coefficient (Wildman–Crippen LogP) is 2.98. The number of ether oxygens (including phenoxy) is 2. The van der Waals surface area contributed by atoms with E-state index in [0.717, 1.165) is 36.6 Å². The van der Waals surface area contributed by atoms with Gasteiger partial charge in [0.05, 0.1) is 13.7 Å². The number of methoxy groups -OCH3 is 1. The highest BCUT2D eigenvalue weighted by molar-refractivity contribution is 5.40. The summed E-state index contributed by atoms with van der Waals surface area (Å²) in [5.41, 5.74) is 1.14. The molecule has 1 N–H and O–H groups in total. The highest BCUT2D eigenvalue weighted by atomic mass is 16.5. The van der Waals surface area contributed by atoms with Crippen LogP contribution in [0, 0.1) is 0 Å². The van der Waals surface area contributed by atoms with Crippen molar-refractivity contribution in [3.8, 4) is 11.5 Å². The molecule has 1 aromatic carbocycles. The standard InChI is InChI=1S/C14H23NO2/c1-4-5-6-9-17-14-8-7-13(16-3)10-12(14)11-15-2/h7-8,10,15H,4-6,9,11H2,1-3H3. The maximum Gasteiger partial charge on any atom is 0.124 e. The molecular formula is C14H23NO2. The van der Waals surface area contributed by atoms with Gasteiger partial charge in [-0.25, -0.2) is 0 Å². The average Bonchev–Trinajstić information content (AvgIpc) is 2.36. The fourth-order valence-electron chi connectivity index (χ4n) is 1.69. The Hall–Kier alpha value is -1.22. The van der Waals surface area contributed by atoms with Crippen LogP contribution in [0.4, 0.5) is 0 Å². The summed E-state index contributed by atoms with van der Waals surface area (Å²) in [6.45, 7) is 3.77. The minimum absolute atomic E-state index is 0.789. The summed E-state index contributed by atoms with van der Waals surface area (Å²) in [5, 5.41) is 3.14. The SMILES string of the molecule is CCCCCOc1ccc(OC)cc1CNC. The van der Waals surface area contributed by atoms with Crippen molar-refractivity contribution < 1.29 is 9.47 Å². The molecule has 0 heterocycles. The summed E-state index contributed by atoms with van der Waals surface area (Å²) in [4.78, 5) is 0. The third kappa shape index (κ3) is 4.65. The van der Waals surface area contributed by atoms with Gasteiger partial charge in [-0.15, -0.1) is 0 Å². The van der Waals surface area contributed by atoms with Crippen LogP contribution in [0.1, 0.15) is 31.7 Å². The van der Waals surface area contributed by atoms with Crippen molar-refractivity contribution in [1.82, 2.24) is 5.32 Å². The fourth-order valence-corrected chi connectivity index (χ4v) is 1.69. The van der Waals surface area contributed by atoms with Crippen LogP contribution in [-0.4, -0.2) is 20.8 Å². The second-order valence-electron chi connectivity index (χ2n) is 4.06. The van der Waals surface area contributed by atoms with Gasteiger partial charge < -0.3 is 14.8 Å². The molecule has 0 bridgehead atoms. The molecule has 0 aliphatic carbocycles. The van der Waals surface area contributed by atoms with Gasteiger partial charge in [0.1, 0.15) is 11.5 Å². The van der Waals surface area contributed by atoms with Gasteiger partial charge in [0.15, 0.2) is 0 Å². The number of hydrogen-bond donors (Lipinski definition) is 1. The van der Waals surface area contributed by atoms with E-state index in [4.69, 9.17) is 9.47 Å². The van der Waals surface area contributed by atoms with E-state index in [1.165, 1.54) is 12.8 Å². The number of nitrogens with one attached hydrogen (secondary N) is 1. The lowest BCUT2D eigenvalue weighted by Crippen LogP contribution is -2.08.